The Labute approximate surface area is 107 Å². The zero-order valence-corrected chi connectivity index (χ0v) is 12.6. The summed E-state index contributed by atoms with van der Waals surface area (Å²) in [6.45, 7) is 9.11. The lowest BCUT2D eigenvalue weighted by Gasteiger charge is -2.26. The summed E-state index contributed by atoms with van der Waals surface area (Å²) in [5.41, 5.74) is 0. The van der Waals surface area contributed by atoms with Crippen molar-refractivity contribution < 1.29 is 0 Å². The van der Waals surface area contributed by atoms with Gasteiger partial charge in [-0.15, -0.1) is 0 Å². The molecular weight excluding hydrogens is 216 g/mol. The molecule has 0 saturated heterocycles. The lowest BCUT2D eigenvalue weighted by atomic mass is 10.0. The minimum Gasteiger partial charge on any atom is -0.315 e. The van der Waals surface area contributed by atoms with E-state index in [2.05, 4.69) is 45.1 Å². The van der Waals surface area contributed by atoms with Gasteiger partial charge >= 0.3 is 0 Å². The van der Waals surface area contributed by atoms with Gasteiger partial charge in [0.05, 0.1) is 0 Å². The van der Waals surface area contributed by atoms with Gasteiger partial charge in [-0.05, 0) is 50.9 Å². The van der Waals surface area contributed by atoms with E-state index in [9.17, 15) is 0 Å². The van der Waals surface area contributed by atoms with Crippen LogP contribution in [-0.4, -0.2) is 49.6 Å². The average molecular weight is 246 g/mol. The molecule has 0 heterocycles. The zero-order chi connectivity index (χ0) is 12.4. The minimum absolute atomic E-state index is 0.679. The maximum atomic E-state index is 3.58. The van der Waals surface area contributed by atoms with Gasteiger partial charge in [-0.2, -0.15) is 11.8 Å². The van der Waals surface area contributed by atoms with Crippen LogP contribution < -0.4 is 5.32 Å². The normalized spacial score (nSPS) is 13.7. The number of likely N-dealkylation sites (N-methyl/N-ethyl adjacent to an activating group) is 1. The van der Waals surface area contributed by atoms with Crippen molar-refractivity contribution in [2.45, 2.75) is 39.7 Å². The summed E-state index contributed by atoms with van der Waals surface area (Å²) in [5, 5.41) is 3.58. The van der Waals surface area contributed by atoms with Crippen molar-refractivity contribution >= 4 is 11.8 Å². The second-order valence-corrected chi connectivity index (χ2v) is 6.40. The fourth-order valence-electron chi connectivity index (χ4n) is 1.73. The van der Waals surface area contributed by atoms with Crippen LogP contribution in [-0.2, 0) is 0 Å². The van der Waals surface area contributed by atoms with Gasteiger partial charge in [0.15, 0.2) is 0 Å². The monoisotopic (exact) mass is 246 g/mol. The molecule has 2 nitrogen and oxygen atoms in total. The Morgan fingerprint density at radius 1 is 1.25 bits per heavy atom. The Balaban J connectivity index is 3.52. The SMILES string of the molecule is CCSCCCNCC(CC(C)C)N(C)C. The van der Waals surface area contributed by atoms with E-state index in [1.807, 2.05) is 11.8 Å². The van der Waals surface area contributed by atoms with Crippen LogP contribution in [0.1, 0.15) is 33.6 Å². The zero-order valence-electron chi connectivity index (χ0n) is 11.8. The molecule has 98 valence electrons. The van der Waals surface area contributed by atoms with Crippen LogP contribution in [0, 0.1) is 5.92 Å². The molecule has 0 bridgehead atoms. The largest absolute Gasteiger partial charge is 0.315 e. The molecule has 0 aromatic carbocycles. The Hall–Kier alpha value is 0.270. The molecule has 0 rings (SSSR count). The molecule has 0 saturated carbocycles. The summed E-state index contributed by atoms with van der Waals surface area (Å²) in [7, 11) is 4.36. The van der Waals surface area contributed by atoms with Crippen molar-refractivity contribution in [2.75, 3.05) is 38.7 Å². The molecule has 1 N–H and O–H groups in total. The van der Waals surface area contributed by atoms with Gasteiger partial charge in [0, 0.05) is 12.6 Å². The van der Waals surface area contributed by atoms with Gasteiger partial charge in [0.25, 0.3) is 0 Å². The van der Waals surface area contributed by atoms with Crippen LogP contribution in [0.2, 0.25) is 0 Å². The summed E-state index contributed by atoms with van der Waals surface area (Å²) in [5.74, 6) is 3.32. The van der Waals surface area contributed by atoms with E-state index in [0.29, 0.717) is 6.04 Å². The van der Waals surface area contributed by atoms with Crippen molar-refractivity contribution in [3.8, 4) is 0 Å². The average Bonchev–Trinajstić information content (AvgIpc) is 2.20. The third-order valence-electron chi connectivity index (χ3n) is 2.70. The van der Waals surface area contributed by atoms with Gasteiger partial charge < -0.3 is 10.2 Å². The highest BCUT2D eigenvalue weighted by Gasteiger charge is 2.12. The van der Waals surface area contributed by atoms with Crippen LogP contribution in [0.3, 0.4) is 0 Å². The number of nitrogens with zero attached hydrogens (tertiary/aromatic N) is 1. The molecule has 0 radical (unpaired) electrons. The fourth-order valence-corrected chi connectivity index (χ4v) is 2.37. The Bertz CT molecular complexity index is 149. The van der Waals surface area contributed by atoms with Crippen LogP contribution in [0.15, 0.2) is 0 Å². The Kier molecular flexibility index (Phi) is 10.6. The van der Waals surface area contributed by atoms with Gasteiger partial charge in [0.2, 0.25) is 0 Å². The first-order valence-corrected chi connectivity index (χ1v) is 7.68. The molecule has 0 aliphatic heterocycles. The molecule has 0 amide bonds. The molecule has 0 aromatic heterocycles. The van der Waals surface area contributed by atoms with Crippen LogP contribution in [0.5, 0.6) is 0 Å². The number of nitrogens with one attached hydrogen (secondary N) is 1. The molecule has 0 aliphatic carbocycles. The number of hydrogen-bond donors (Lipinski definition) is 1. The first-order chi connectivity index (χ1) is 7.57. The molecule has 1 atom stereocenters. The third kappa shape index (κ3) is 9.49. The second kappa shape index (κ2) is 10.4. The van der Waals surface area contributed by atoms with E-state index >= 15 is 0 Å². The molecule has 1 unspecified atom stereocenters. The minimum atomic E-state index is 0.679. The first-order valence-electron chi connectivity index (χ1n) is 6.52. The summed E-state index contributed by atoms with van der Waals surface area (Å²) in [6, 6.07) is 0.679. The van der Waals surface area contributed by atoms with Crippen LogP contribution in [0.25, 0.3) is 0 Å². The Morgan fingerprint density at radius 2 is 1.94 bits per heavy atom. The van der Waals surface area contributed by atoms with Crippen molar-refractivity contribution in [3.63, 3.8) is 0 Å². The summed E-state index contributed by atoms with van der Waals surface area (Å²) >= 11 is 2.03. The van der Waals surface area contributed by atoms with E-state index < -0.39 is 0 Å². The first kappa shape index (κ1) is 16.3. The predicted octanol–water partition coefficient (Wildman–Crippen LogP) is 2.70. The number of hydrogen-bond acceptors (Lipinski definition) is 3. The van der Waals surface area contributed by atoms with E-state index in [0.717, 1.165) is 19.0 Å². The van der Waals surface area contributed by atoms with Crippen LogP contribution in [0.4, 0.5) is 0 Å². The number of thioether (sulfide) groups is 1. The standard InChI is InChI=1S/C13H30N2S/c1-6-16-9-7-8-14-11-13(15(4)5)10-12(2)3/h12-14H,6-11H2,1-5H3. The smallest absolute Gasteiger partial charge is 0.0216 e. The molecule has 16 heavy (non-hydrogen) atoms. The maximum Gasteiger partial charge on any atom is 0.0216 e. The highest BCUT2D eigenvalue weighted by Crippen LogP contribution is 2.08. The quantitative estimate of drug-likeness (QED) is 0.597. The van der Waals surface area contributed by atoms with Crippen molar-refractivity contribution in [3.05, 3.63) is 0 Å². The lowest BCUT2D eigenvalue weighted by Crippen LogP contribution is -2.39. The van der Waals surface area contributed by atoms with Gasteiger partial charge in [0.1, 0.15) is 0 Å². The predicted molar refractivity (Wildman–Crippen MR) is 77.4 cm³/mol. The molecule has 0 fully saturated rings. The van der Waals surface area contributed by atoms with E-state index in [1.54, 1.807) is 0 Å². The lowest BCUT2D eigenvalue weighted by molar-refractivity contribution is 0.247. The van der Waals surface area contributed by atoms with Crippen molar-refractivity contribution in [1.82, 2.24) is 10.2 Å². The highest BCUT2D eigenvalue weighted by atomic mass is 32.2. The summed E-state index contributed by atoms with van der Waals surface area (Å²) in [6.07, 6.45) is 2.57. The molecule has 0 spiro atoms. The van der Waals surface area contributed by atoms with E-state index in [-0.39, 0.29) is 0 Å². The van der Waals surface area contributed by atoms with Crippen LogP contribution >= 0.6 is 11.8 Å². The molecule has 3 heteroatoms. The fraction of sp³-hybridized carbons (Fsp3) is 1.00. The van der Waals surface area contributed by atoms with Crippen molar-refractivity contribution in [1.29, 1.82) is 0 Å². The molecule has 0 aliphatic rings. The van der Waals surface area contributed by atoms with E-state index in [1.165, 1.54) is 24.3 Å². The van der Waals surface area contributed by atoms with Crippen molar-refractivity contribution in [2.24, 2.45) is 5.92 Å². The van der Waals surface area contributed by atoms with Gasteiger partial charge in [-0.25, -0.2) is 0 Å². The van der Waals surface area contributed by atoms with Gasteiger partial charge in [-0.3, -0.25) is 0 Å². The topological polar surface area (TPSA) is 15.3 Å². The summed E-state index contributed by atoms with van der Waals surface area (Å²) in [4.78, 5) is 2.34. The molecule has 0 aromatic rings. The summed E-state index contributed by atoms with van der Waals surface area (Å²) < 4.78 is 0. The Morgan fingerprint density at radius 3 is 2.44 bits per heavy atom. The van der Waals surface area contributed by atoms with E-state index in [4.69, 9.17) is 0 Å². The second-order valence-electron chi connectivity index (χ2n) is 5.00. The third-order valence-corrected chi connectivity index (χ3v) is 3.69. The number of rotatable bonds is 10. The molecular formula is C13H30N2S. The maximum absolute atomic E-state index is 3.58. The highest BCUT2D eigenvalue weighted by molar-refractivity contribution is 7.99. The van der Waals surface area contributed by atoms with Gasteiger partial charge in [-0.1, -0.05) is 20.8 Å².